The molecule has 0 saturated heterocycles. The van der Waals surface area contributed by atoms with Crippen molar-refractivity contribution >= 4 is 69.6 Å². The molecule has 4 heteroatoms. The Balaban J connectivity index is 1.20. The quantitative estimate of drug-likeness (QED) is 0.155. The van der Waals surface area contributed by atoms with Crippen LogP contribution in [0.1, 0.15) is 102 Å². The summed E-state index contributed by atoms with van der Waals surface area (Å²) in [5.74, 6) is -0.0372. The molecule has 0 atom stereocenters. The van der Waals surface area contributed by atoms with E-state index in [1.807, 2.05) is 11.3 Å². The minimum atomic E-state index is -0.0194. The third-order valence-corrected chi connectivity index (χ3v) is 15.7. The van der Waals surface area contributed by atoms with Crippen molar-refractivity contribution in [1.29, 1.82) is 10.5 Å². The maximum absolute atomic E-state index is 11.2. The maximum atomic E-state index is 11.2. The Hall–Kier alpha value is -7.24. The second kappa shape index (κ2) is 10.0. The van der Waals surface area contributed by atoms with Crippen LogP contribution in [0.15, 0.2) is 140 Å². The van der Waals surface area contributed by atoms with Gasteiger partial charge in [0.05, 0.1) is 39.8 Å². The summed E-state index contributed by atoms with van der Waals surface area (Å²) in [6, 6.07) is 56.8. The molecule has 8 aromatic carbocycles. The predicted molar refractivity (Wildman–Crippen MR) is 233 cm³/mol. The molecule has 6 aliphatic carbocycles. The molecule has 58 heavy (non-hydrogen) atoms. The number of nitrogens with zero attached hydrogens (tertiary/aromatic N) is 3. The van der Waals surface area contributed by atoms with E-state index in [-0.39, 0.29) is 23.7 Å². The Bertz CT molecular complexity index is 3770. The number of nitriles is 2. The standard InChI is InChI=1S/C54H27N3S/c55-24-26-21-39-48(50-42(26)44-29-12-1-5-16-33(29)46(50)34-17-6-2-13-30(34)44)38-23-37-28-11-9-10-20-41(28)58-54(37)52-49-40(57(39)53(38)52)22-27(25-56)43-45-31-14-3-7-18-35(31)47(51(43)49)36-19-8-4-15-32(36)45/h1-23,44-47H. The van der Waals surface area contributed by atoms with Crippen molar-refractivity contribution in [3.05, 3.63) is 217 Å². The Morgan fingerprint density at radius 3 is 1.31 bits per heavy atom. The van der Waals surface area contributed by atoms with Crippen LogP contribution in [0, 0.1) is 22.7 Å². The van der Waals surface area contributed by atoms with E-state index >= 15 is 0 Å². The normalized spacial score (nSPS) is 19.0. The first-order valence-electron chi connectivity index (χ1n) is 20.1. The van der Waals surface area contributed by atoms with E-state index in [0.29, 0.717) is 0 Å². The largest absolute Gasteiger partial charge is 0.308 e. The number of benzene rings is 8. The van der Waals surface area contributed by atoms with Gasteiger partial charge in [0.25, 0.3) is 0 Å². The highest BCUT2D eigenvalue weighted by Crippen LogP contribution is 2.63. The van der Waals surface area contributed by atoms with Crippen LogP contribution in [0.3, 0.4) is 0 Å². The molecular weight excluding hydrogens is 723 g/mol. The second-order valence-electron chi connectivity index (χ2n) is 16.7. The van der Waals surface area contributed by atoms with Gasteiger partial charge in [0.2, 0.25) is 0 Å². The predicted octanol–water partition coefficient (Wildman–Crippen LogP) is 12.9. The van der Waals surface area contributed by atoms with E-state index in [1.165, 1.54) is 103 Å². The van der Waals surface area contributed by atoms with Gasteiger partial charge in [0.1, 0.15) is 0 Å². The molecule has 0 fully saturated rings. The van der Waals surface area contributed by atoms with Gasteiger partial charge >= 0.3 is 0 Å². The summed E-state index contributed by atoms with van der Waals surface area (Å²) in [4.78, 5) is 0. The van der Waals surface area contributed by atoms with Crippen molar-refractivity contribution in [1.82, 2.24) is 4.40 Å². The zero-order valence-corrected chi connectivity index (χ0v) is 31.7. The van der Waals surface area contributed by atoms with Crippen LogP contribution in [0.2, 0.25) is 0 Å². The molecule has 264 valence electrons. The van der Waals surface area contributed by atoms with E-state index in [1.54, 1.807) is 0 Å². The molecule has 0 amide bonds. The lowest BCUT2D eigenvalue weighted by atomic mass is 9.59. The Kier molecular flexibility index (Phi) is 5.17. The third kappa shape index (κ3) is 3.15. The summed E-state index contributed by atoms with van der Waals surface area (Å²) in [5, 5.41) is 29.9. The van der Waals surface area contributed by atoms with Gasteiger partial charge in [-0.3, -0.25) is 0 Å². The molecule has 0 spiro atoms. The maximum Gasteiger partial charge on any atom is 0.0995 e. The van der Waals surface area contributed by atoms with Crippen molar-refractivity contribution in [3.8, 4) is 12.1 Å². The minimum absolute atomic E-state index is 0.00135. The van der Waals surface area contributed by atoms with Crippen molar-refractivity contribution in [3.63, 3.8) is 0 Å². The van der Waals surface area contributed by atoms with Crippen molar-refractivity contribution in [2.24, 2.45) is 0 Å². The fourth-order valence-corrected chi connectivity index (χ4v) is 13.9. The number of aromatic nitrogens is 1. The molecule has 0 aliphatic heterocycles. The zero-order chi connectivity index (χ0) is 37.7. The fraction of sp³-hybridized carbons (Fsp3) is 0.0741. The van der Waals surface area contributed by atoms with Gasteiger partial charge in [-0.15, -0.1) is 11.3 Å². The number of hydrogen-bond acceptors (Lipinski definition) is 3. The first-order chi connectivity index (χ1) is 28.7. The average Bonchev–Trinajstić information content (AvgIpc) is 3.94. The van der Waals surface area contributed by atoms with E-state index in [2.05, 4.69) is 156 Å². The summed E-state index contributed by atoms with van der Waals surface area (Å²) in [6.45, 7) is 0. The van der Waals surface area contributed by atoms with Crippen LogP contribution in [0.4, 0.5) is 0 Å². The van der Waals surface area contributed by atoms with Gasteiger partial charge in [-0.25, -0.2) is 0 Å². The third-order valence-electron chi connectivity index (χ3n) is 14.5. The first kappa shape index (κ1) is 30.0. The summed E-state index contributed by atoms with van der Waals surface area (Å²) >= 11 is 1.89. The van der Waals surface area contributed by atoms with Gasteiger partial charge in [-0.1, -0.05) is 115 Å². The van der Waals surface area contributed by atoms with Crippen molar-refractivity contribution in [2.75, 3.05) is 0 Å². The van der Waals surface area contributed by atoms with E-state index in [4.69, 9.17) is 0 Å². The summed E-state index contributed by atoms with van der Waals surface area (Å²) in [7, 11) is 0. The number of thiophene rings is 1. The monoisotopic (exact) mass is 749 g/mol. The van der Waals surface area contributed by atoms with Gasteiger partial charge < -0.3 is 4.40 Å². The van der Waals surface area contributed by atoms with E-state index < -0.39 is 0 Å². The lowest BCUT2D eigenvalue weighted by Crippen LogP contribution is -2.28. The van der Waals surface area contributed by atoms with Crippen LogP contribution < -0.4 is 0 Å². The molecule has 6 aliphatic rings. The SMILES string of the molecule is N#Cc1cc2c(c3c1C1c4ccccc4C3c3ccccc31)c1cc3c4ccccc4sc3c3c4c5c(c(C#N)cc4n2c13)C1c2ccccc2C5c2ccccc21. The second-order valence-corrected chi connectivity index (χ2v) is 17.8. The van der Waals surface area contributed by atoms with Gasteiger partial charge in [-0.05, 0) is 91.0 Å². The number of fused-ring (bicyclic) bond motifs is 10. The first-order valence-corrected chi connectivity index (χ1v) is 20.9. The zero-order valence-electron chi connectivity index (χ0n) is 30.8. The Labute approximate surface area is 336 Å². The molecule has 3 nitrogen and oxygen atoms in total. The highest BCUT2D eigenvalue weighted by Gasteiger charge is 2.47. The van der Waals surface area contributed by atoms with Crippen molar-refractivity contribution < 1.29 is 0 Å². The molecule has 11 aromatic rings. The van der Waals surface area contributed by atoms with Gasteiger partial charge in [-0.2, -0.15) is 10.5 Å². The highest BCUT2D eigenvalue weighted by atomic mass is 32.1. The van der Waals surface area contributed by atoms with Crippen LogP contribution in [0.5, 0.6) is 0 Å². The summed E-state index contributed by atoms with van der Waals surface area (Å²) in [6.07, 6.45) is 0. The molecular formula is C54H27N3S. The topological polar surface area (TPSA) is 52.0 Å². The smallest absolute Gasteiger partial charge is 0.0995 e. The summed E-state index contributed by atoms with van der Waals surface area (Å²) < 4.78 is 5.03. The molecule has 4 bridgehead atoms. The molecule has 0 radical (unpaired) electrons. The molecule has 0 N–H and O–H groups in total. The number of rotatable bonds is 0. The number of hydrogen-bond donors (Lipinski definition) is 0. The molecule has 3 aromatic heterocycles. The lowest BCUT2D eigenvalue weighted by Gasteiger charge is -2.43. The average molecular weight is 750 g/mol. The molecule has 17 rings (SSSR count). The van der Waals surface area contributed by atoms with Crippen LogP contribution in [0.25, 0.3) is 58.3 Å². The fourth-order valence-electron chi connectivity index (χ4n) is 12.6. The highest BCUT2D eigenvalue weighted by molar-refractivity contribution is 7.26. The Morgan fingerprint density at radius 2 is 0.828 bits per heavy atom. The molecule has 0 saturated carbocycles. The van der Waals surface area contributed by atoms with Crippen LogP contribution >= 0.6 is 11.3 Å². The van der Waals surface area contributed by atoms with E-state index in [0.717, 1.165) is 33.3 Å². The molecule has 3 heterocycles. The van der Waals surface area contributed by atoms with E-state index in [9.17, 15) is 10.5 Å². The molecule has 0 unspecified atom stereocenters. The van der Waals surface area contributed by atoms with Crippen molar-refractivity contribution in [2.45, 2.75) is 23.7 Å². The summed E-state index contributed by atoms with van der Waals surface area (Å²) in [5.41, 5.74) is 20.2. The lowest BCUT2D eigenvalue weighted by molar-refractivity contribution is 0.758. The van der Waals surface area contributed by atoms with Gasteiger partial charge in [0, 0.05) is 65.4 Å². The van der Waals surface area contributed by atoms with Crippen LogP contribution in [-0.2, 0) is 0 Å². The van der Waals surface area contributed by atoms with Crippen LogP contribution in [-0.4, -0.2) is 4.40 Å². The Morgan fingerprint density at radius 1 is 0.414 bits per heavy atom. The minimum Gasteiger partial charge on any atom is -0.308 e. The van der Waals surface area contributed by atoms with Gasteiger partial charge in [0.15, 0.2) is 0 Å².